The lowest BCUT2D eigenvalue weighted by atomic mass is 10.2. The summed E-state index contributed by atoms with van der Waals surface area (Å²) in [5.41, 5.74) is 5.12. The van der Waals surface area contributed by atoms with Crippen molar-refractivity contribution in [1.29, 1.82) is 0 Å². The maximum absolute atomic E-state index is 12.4. The van der Waals surface area contributed by atoms with Crippen LogP contribution < -0.4 is 5.32 Å². The molecule has 1 aromatic heterocycles. The van der Waals surface area contributed by atoms with Crippen molar-refractivity contribution in [2.75, 3.05) is 25.2 Å². The number of hydrogen-bond acceptors (Lipinski definition) is 4. The van der Waals surface area contributed by atoms with Crippen molar-refractivity contribution < 1.29 is 4.79 Å². The van der Waals surface area contributed by atoms with E-state index in [4.69, 9.17) is 0 Å². The summed E-state index contributed by atoms with van der Waals surface area (Å²) in [6.45, 7) is 5.08. The topological polar surface area (TPSA) is 50.2 Å². The number of amides is 1. The summed E-state index contributed by atoms with van der Waals surface area (Å²) in [4.78, 5) is 15.6. The van der Waals surface area contributed by atoms with Crippen LogP contribution in [0.3, 0.4) is 0 Å². The van der Waals surface area contributed by atoms with Gasteiger partial charge in [-0.25, -0.2) is 4.68 Å². The third-order valence-electron chi connectivity index (χ3n) is 4.64. The average molecular weight is 395 g/mol. The van der Waals surface area contributed by atoms with Gasteiger partial charge >= 0.3 is 0 Å². The van der Waals surface area contributed by atoms with Crippen LogP contribution in [0.1, 0.15) is 17.0 Å². The summed E-state index contributed by atoms with van der Waals surface area (Å²) < 4.78 is 1.96. The van der Waals surface area contributed by atoms with E-state index in [1.54, 1.807) is 11.8 Å². The van der Waals surface area contributed by atoms with Crippen molar-refractivity contribution in [2.24, 2.45) is 0 Å². The van der Waals surface area contributed by atoms with E-state index in [1.807, 2.05) is 84.4 Å². The second-order valence-corrected chi connectivity index (χ2v) is 7.73. The number of likely N-dealkylation sites (N-methyl/N-ethyl adjacent to an activating group) is 1. The summed E-state index contributed by atoms with van der Waals surface area (Å²) in [5.74, 6) is -0.0217. The van der Waals surface area contributed by atoms with Gasteiger partial charge in [0.15, 0.2) is 0 Å². The molecule has 3 aromatic rings. The molecule has 0 saturated carbocycles. The predicted octanol–water partition coefficient (Wildman–Crippen LogP) is 4.28. The van der Waals surface area contributed by atoms with E-state index in [0.717, 1.165) is 33.2 Å². The fourth-order valence-corrected chi connectivity index (χ4v) is 3.66. The van der Waals surface area contributed by atoms with Gasteiger partial charge in [-0.3, -0.25) is 9.69 Å². The lowest BCUT2D eigenvalue weighted by molar-refractivity contribution is -0.117. The molecule has 2 aromatic carbocycles. The van der Waals surface area contributed by atoms with Gasteiger partial charge in [-0.05, 0) is 57.5 Å². The fourth-order valence-electron chi connectivity index (χ4n) is 3.20. The van der Waals surface area contributed by atoms with Gasteiger partial charge in [0.05, 0.1) is 17.9 Å². The molecule has 0 aliphatic heterocycles. The Kier molecular flexibility index (Phi) is 6.54. The Balaban J connectivity index is 1.65. The molecule has 0 radical (unpaired) electrons. The smallest absolute Gasteiger partial charge is 0.238 e. The average Bonchev–Trinajstić information content (AvgIpc) is 2.97. The lowest BCUT2D eigenvalue weighted by Gasteiger charge is -2.17. The van der Waals surface area contributed by atoms with E-state index in [2.05, 4.69) is 17.3 Å². The third kappa shape index (κ3) is 4.82. The number of aryl methyl sites for hydroxylation is 1. The Bertz CT molecular complexity index is 952. The highest BCUT2D eigenvalue weighted by atomic mass is 32.2. The minimum absolute atomic E-state index is 0.0217. The first-order valence-electron chi connectivity index (χ1n) is 9.21. The summed E-state index contributed by atoms with van der Waals surface area (Å²) in [6, 6.07) is 18.0. The molecule has 0 bridgehead atoms. The molecule has 0 spiro atoms. The lowest BCUT2D eigenvalue weighted by Crippen LogP contribution is -2.30. The van der Waals surface area contributed by atoms with Crippen LogP contribution in [0.15, 0.2) is 59.5 Å². The SMILES string of the molecule is CSc1cccc(NC(=O)CN(C)Cc2c(C)nn(-c3ccccc3)c2C)c1. The van der Waals surface area contributed by atoms with Gasteiger partial charge < -0.3 is 5.32 Å². The van der Waals surface area contributed by atoms with Crippen LogP contribution >= 0.6 is 11.8 Å². The van der Waals surface area contributed by atoms with E-state index >= 15 is 0 Å². The molecule has 1 N–H and O–H groups in total. The van der Waals surface area contributed by atoms with E-state index < -0.39 is 0 Å². The van der Waals surface area contributed by atoms with Crippen LogP contribution in [-0.4, -0.2) is 40.4 Å². The van der Waals surface area contributed by atoms with Crippen LogP contribution in [0.4, 0.5) is 5.69 Å². The number of nitrogens with zero attached hydrogens (tertiary/aromatic N) is 3. The predicted molar refractivity (Wildman–Crippen MR) is 116 cm³/mol. The van der Waals surface area contributed by atoms with Gasteiger partial charge in [-0.2, -0.15) is 5.10 Å². The summed E-state index contributed by atoms with van der Waals surface area (Å²) in [5, 5.41) is 7.67. The highest BCUT2D eigenvalue weighted by molar-refractivity contribution is 7.98. The number of carbonyl (C=O) groups is 1. The highest BCUT2D eigenvalue weighted by Crippen LogP contribution is 2.20. The van der Waals surface area contributed by atoms with Crippen LogP contribution in [0, 0.1) is 13.8 Å². The largest absolute Gasteiger partial charge is 0.325 e. The molecular formula is C22H26N4OS. The van der Waals surface area contributed by atoms with Crippen molar-refractivity contribution in [3.63, 3.8) is 0 Å². The van der Waals surface area contributed by atoms with Gasteiger partial charge in [0.25, 0.3) is 0 Å². The highest BCUT2D eigenvalue weighted by Gasteiger charge is 2.16. The van der Waals surface area contributed by atoms with Gasteiger partial charge in [0.2, 0.25) is 5.91 Å². The van der Waals surface area contributed by atoms with E-state index in [-0.39, 0.29) is 5.91 Å². The number of thioether (sulfide) groups is 1. The third-order valence-corrected chi connectivity index (χ3v) is 5.36. The minimum Gasteiger partial charge on any atom is -0.325 e. The zero-order chi connectivity index (χ0) is 20.1. The Morgan fingerprint density at radius 2 is 1.89 bits per heavy atom. The molecule has 1 amide bonds. The molecule has 0 saturated heterocycles. The van der Waals surface area contributed by atoms with Crippen LogP contribution in [0.2, 0.25) is 0 Å². The molecule has 0 aliphatic rings. The molecule has 0 fully saturated rings. The quantitative estimate of drug-likeness (QED) is 0.608. The Hall–Kier alpha value is -2.57. The van der Waals surface area contributed by atoms with Gasteiger partial charge in [-0.1, -0.05) is 24.3 Å². The second kappa shape index (κ2) is 9.08. The molecule has 0 aliphatic carbocycles. The Morgan fingerprint density at radius 3 is 2.61 bits per heavy atom. The second-order valence-electron chi connectivity index (χ2n) is 6.85. The molecule has 0 unspecified atom stereocenters. The molecule has 6 heteroatoms. The number of benzene rings is 2. The van der Waals surface area contributed by atoms with Crippen molar-refractivity contribution in [1.82, 2.24) is 14.7 Å². The van der Waals surface area contributed by atoms with Crippen LogP contribution in [0.5, 0.6) is 0 Å². The number of rotatable bonds is 7. The first-order chi connectivity index (χ1) is 13.5. The summed E-state index contributed by atoms with van der Waals surface area (Å²) in [7, 11) is 1.95. The van der Waals surface area contributed by atoms with Crippen LogP contribution in [0.25, 0.3) is 5.69 Å². The summed E-state index contributed by atoms with van der Waals surface area (Å²) >= 11 is 1.66. The molecule has 28 heavy (non-hydrogen) atoms. The maximum Gasteiger partial charge on any atom is 0.238 e. The molecule has 0 atom stereocenters. The first kappa shape index (κ1) is 20.2. The number of aromatic nitrogens is 2. The van der Waals surface area contributed by atoms with E-state index in [1.165, 1.54) is 0 Å². The maximum atomic E-state index is 12.4. The number of para-hydroxylation sites is 1. The Morgan fingerprint density at radius 1 is 1.14 bits per heavy atom. The number of hydrogen-bond donors (Lipinski definition) is 1. The van der Waals surface area contributed by atoms with E-state index in [0.29, 0.717) is 13.1 Å². The van der Waals surface area contributed by atoms with Gasteiger partial charge in [-0.15, -0.1) is 11.8 Å². The summed E-state index contributed by atoms with van der Waals surface area (Å²) in [6.07, 6.45) is 2.02. The zero-order valence-electron chi connectivity index (χ0n) is 16.8. The molecule has 5 nitrogen and oxygen atoms in total. The fraction of sp³-hybridized carbons (Fsp3) is 0.273. The van der Waals surface area contributed by atoms with Gasteiger partial charge in [0, 0.05) is 28.4 Å². The van der Waals surface area contributed by atoms with E-state index in [9.17, 15) is 4.79 Å². The zero-order valence-corrected chi connectivity index (χ0v) is 17.6. The number of anilines is 1. The molecule has 146 valence electrons. The standard InChI is InChI=1S/C22H26N4OS/c1-16-21(17(2)26(24-16)19-10-6-5-7-11-19)14-25(3)15-22(27)23-18-9-8-12-20(13-18)28-4/h5-13H,14-15H2,1-4H3,(H,23,27). The molecule has 3 rings (SSSR count). The monoisotopic (exact) mass is 394 g/mol. The number of carbonyl (C=O) groups excluding carboxylic acids is 1. The molecular weight excluding hydrogens is 368 g/mol. The number of nitrogens with one attached hydrogen (secondary N) is 1. The van der Waals surface area contributed by atoms with Crippen molar-refractivity contribution in [3.05, 3.63) is 71.5 Å². The normalized spacial score (nSPS) is 11.0. The van der Waals surface area contributed by atoms with Crippen LogP contribution in [-0.2, 0) is 11.3 Å². The van der Waals surface area contributed by atoms with Crippen molar-refractivity contribution in [3.8, 4) is 5.69 Å². The molecule has 1 heterocycles. The Labute approximate surface area is 170 Å². The van der Waals surface area contributed by atoms with Crippen molar-refractivity contribution >= 4 is 23.4 Å². The van der Waals surface area contributed by atoms with Crippen molar-refractivity contribution in [2.45, 2.75) is 25.3 Å². The minimum atomic E-state index is -0.0217. The first-order valence-corrected chi connectivity index (χ1v) is 10.4. The van der Waals surface area contributed by atoms with Gasteiger partial charge in [0.1, 0.15) is 0 Å².